The van der Waals surface area contributed by atoms with E-state index in [0.717, 1.165) is 11.3 Å². The molecule has 0 fully saturated rings. The zero-order chi connectivity index (χ0) is 22.4. The molecule has 3 aromatic carbocycles. The molecule has 0 aliphatic rings. The van der Waals surface area contributed by atoms with E-state index < -0.39 is 17.6 Å². The van der Waals surface area contributed by atoms with Crippen molar-refractivity contribution in [2.45, 2.75) is 0 Å². The summed E-state index contributed by atoms with van der Waals surface area (Å²) >= 11 is 3.35. The van der Waals surface area contributed by atoms with Crippen molar-refractivity contribution in [3.05, 3.63) is 99.9 Å². The first-order chi connectivity index (χ1) is 14.8. The minimum Gasteiger partial charge on any atom is -0.378 e. The van der Waals surface area contributed by atoms with E-state index in [1.807, 2.05) is 43.3 Å². The summed E-state index contributed by atoms with van der Waals surface area (Å²) in [5.74, 6) is -1.49. The molecule has 0 spiro atoms. The molecule has 0 aliphatic heterocycles. The molecule has 0 atom stereocenters. The molecule has 7 heteroatoms. The fourth-order valence-corrected chi connectivity index (χ4v) is 3.26. The van der Waals surface area contributed by atoms with Gasteiger partial charge in [0.2, 0.25) is 0 Å². The van der Waals surface area contributed by atoms with Crippen LogP contribution in [0.2, 0.25) is 0 Å². The summed E-state index contributed by atoms with van der Waals surface area (Å²) in [6, 6.07) is 20.0. The Kier molecular flexibility index (Phi) is 7.20. The third-order valence-electron chi connectivity index (χ3n) is 4.41. The van der Waals surface area contributed by atoms with E-state index in [1.54, 1.807) is 36.4 Å². The average Bonchev–Trinajstić information content (AvgIpc) is 2.74. The van der Waals surface area contributed by atoms with Gasteiger partial charge in [-0.25, -0.2) is 4.39 Å². The molecular weight excluding hydrogens is 461 g/mol. The van der Waals surface area contributed by atoms with Gasteiger partial charge in [0.05, 0.1) is 5.56 Å². The van der Waals surface area contributed by atoms with Gasteiger partial charge in [-0.3, -0.25) is 9.59 Å². The maximum absolute atomic E-state index is 13.5. The lowest BCUT2D eigenvalue weighted by Crippen LogP contribution is -2.31. The third kappa shape index (κ3) is 6.02. The van der Waals surface area contributed by atoms with Crippen LogP contribution in [0.4, 0.5) is 15.8 Å². The molecule has 5 nitrogen and oxygen atoms in total. The third-order valence-corrected chi connectivity index (χ3v) is 5.11. The number of rotatable bonds is 6. The van der Waals surface area contributed by atoms with Crippen molar-refractivity contribution < 1.29 is 14.0 Å². The number of hydrogen-bond donors (Lipinski definition) is 2. The van der Waals surface area contributed by atoms with Gasteiger partial charge in [-0.15, -0.1) is 0 Å². The van der Waals surface area contributed by atoms with E-state index in [9.17, 15) is 14.0 Å². The highest BCUT2D eigenvalue weighted by atomic mass is 79.9. The second-order valence-electron chi connectivity index (χ2n) is 6.94. The highest BCUT2D eigenvalue weighted by Crippen LogP contribution is 2.18. The van der Waals surface area contributed by atoms with Crippen LogP contribution in [0.5, 0.6) is 0 Å². The monoisotopic (exact) mass is 481 g/mol. The van der Waals surface area contributed by atoms with Crippen LogP contribution in [-0.4, -0.2) is 25.9 Å². The van der Waals surface area contributed by atoms with Crippen LogP contribution in [0.15, 0.2) is 83.0 Å². The molecule has 31 heavy (non-hydrogen) atoms. The van der Waals surface area contributed by atoms with Crippen LogP contribution in [0.3, 0.4) is 0 Å². The SMILES string of the molecule is CN(C)c1ccc(C=C(NC(=O)c2ccccc2Br)C(=O)Nc2cccc(F)c2)cc1. The Bertz CT molecular complexity index is 1130. The average molecular weight is 482 g/mol. The lowest BCUT2D eigenvalue weighted by molar-refractivity contribution is -0.113. The number of amides is 2. The molecule has 3 aromatic rings. The molecular formula is C24H21BrFN3O2. The van der Waals surface area contributed by atoms with Gasteiger partial charge in [-0.2, -0.15) is 0 Å². The Morgan fingerprint density at radius 3 is 2.32 bits per heavy atom. The van der Waals surface area contributed by atoms with Gasteiger partial charge in [-0.05, 0) is 70.0 Å². The number of anilines is 2. The standard InChI is InChI=1S/C24H21BrFN3O2/c1-29(2)19-12-10-16(11-13-19)14-22(24(31)27-18-7-5-6-17(26)15-18)28-23(30)20-8-3-4-9-21(20)25/h3-15H,1-2H3,(H,27,31)(H,28,30). The smallest absolute Gasteiger partial charge is 0.272 e. The first kappa shape index (κ1) is 22.2. The number of nitrogens with one attached hydrogen (secondary N) is 2. The Morgan fingerprint density at radius 2 is 1.68 bits per heavy atom. The number of halogens is 2. The highest BCUT2D eigenvalue weighted by molar-refractivity contribution is 9.10. The molecule has 0 aliphatic carbocycles. The minimum absolute atomic E-state index is 0.0302. The van der Waals surface area contributed by atoms with Gasteiger partial charge in [0.25, 0.3) is 11.8 Å². The van der Waals surface area contributed by atoms with Gasteiger partial charge >= 0.3 is 0 Å². The predicted molar refractivity (Wildman–Crippen MR) is 125 cm³/mol. The van der Waals surface area contributed by atoms with Crippen molar-refractivity contribution in [3.63, 3.8) is 0 Å². The maximum atomic E-state index is 13.5. The first-order valence-electron chi connectivity index (χ1n) is 9.45. The predicted octanol–water partition coefficient (Wildman–Crippen LogP) is 5.06. The zero-order valence-corrected chi connectivity index (χ0v) is 18.6. The normalized spacial score (nSPS) is 11.0. The summed E-state index contributed by atoms with van der Waals surface area (Å²) in [6.07, 6.45) is 1.57. The van der Waals surface area contributed by atoms with Crippen molar-refractivity contribution in [2.75, 3.05) is 24.3 Å². The van der Waals surface area contributed by atoms with E-state index in [0.29, 0.717) is 10.0 Å². The number of benzene rings is 3. The molecule has 0 bridgehead atoms. The van der Waals surface area contributed by atoms with Crippen molar-refractivity contribution >= 4 is 45.2 Å². The lowest BCUT2D eigenvalue weighted by atomic mass is 10.1. The topological polar surface area (TPSA) is 61.4 Å². The van der Waals surface area contributed by atoms with Gasteiger partial charge in [-0.1, -0.05) is 30.3 Å². The summed E-state index contributed by atoms with van der Waals surface area (Å²) in [5, 5.41) is 5.29. The number of carbonyl (C=O) groups excluding carboxylic acids is 2. The molecule has 0 radical (unpaired) electrons. The van der Waals surface area contributed by atoms with Crippen LogP contribution in [0, 0.1) is 5.82 Å². The van der Waals surface area contributed by atoms with Crippen molar-refractivity contribution in [1.29, 1.82) is 0 Å². The second-order valence-corrected chi connectivity index (χ2v) is 7.80. The molecule has 0 heterocycles. The van der Waals surface area contributed by atoms with Crippen molar-refractivity contribution in [3.8, 4) is 0 Å². The summed E-state index contributed by atoms with van der Waals surface area (Å²) in [5.41, 5.74) is 2.43. The largest absolute Gasteiger partial charge is 0.378 e. The van der Waals surface area contributed by atoms with E-state index in [2.05, 4.69) is 26.6 Å². The Balaban J connectivity index is 1.91. The fourth-order valence-electron chi connectivity index (χ4n) is 2.79. The second kappa shape index (κ2) is 10.0. The van der Waals surface area contributed by atoms with Gasteiger partial charge in [0.1, 0.15) is 11.5 Å². The highest BCUT2D eigenvalue weighted by Gasteiger charge is 2.17. The van der Waals surface area contributed by atoms with Gasteiger partial charge in [0.15, 0.2) is 0 Å². The summed E-state index contributed by atoms with van der Waals surface area (Å²) < 4.78 is 14.1. The molecule has 158 valence electrons. The molecule has 0 aromatic heterocycles. The number of hydrogen-bond acceptors (Lipinski definition) is 3. The Morgan fingerprint density at radius 1 is 0.968 bits per heavy atom. The van der Waals surface area contributed by atoms with E-state index in [1.165, 1.54) is 18.2 Å². The molecule has 0 unspecified atom stereocenters. The van der Waals surface area contributed by atoms with E-state index >= 15 is 0 Å². The molecule has 0 saturated carbocycles. The number of nitrogens with zero attached hydrogens (tertiary/aromatic N) is 1. The van der Waals surface area contributed by atoms with Crippen LogP contribution in [-0.2, 0) is 4.79 Å². The quantitative estimate of drug-likeness (QED) is 0.483. The first-order valence-corrected chi connectivity index (χ1v) is 10.2. The lowest BCUT2D eigenvalue weighted by Gasteiger charge is -2.14. The number of carbonyl (C=O) groups is 2. The van der Waals surface area contributed by atoms with Crippen molar-refractivity contribution in [2.24, 2.45) is 0 Å². The minimum atomic E-state index is -0.567. The zero-order valence-electron chi connectivity index (χ0n) is 17.0. The summed E-state index contributed by atoms with van der Waals surface area (Å²) in [7, 11) is 3.86. The molecule has 2 N–H and O–H groups in total. The van der Waals surface area contributed by atoms with Crippen LogP contribution >= 0.6 is 15.9 Å². The molecule has 3 rings (SSSR count). The van der Waals surface area contributed by atoms with Crippen LogP contribution in [0.25, 0.3) is 6.08 Å². The van der Waals surface area contributed by atoms with Crippen LogP contribution < -0.4 is 15.5 Å². The Labute approximate surface area is 188 Å². The summed E-state index contributed by atoms with van der Waals surface area (Å²) in [4.78, 5) is 27.7. The van der Waals surface area contributed by atoms with E-state index in [4.69, 9.17) is 0 Å². The van der Waals surface area contributed by atoms with Gasteiger partial charge < -0.3 is 15.5 Å². The van der Waals surface area contributed by atoms with Gasteiger partial charge in [0, 0.05) is 29.9 Å². The summed E-state index contributed by atoms with van der Waals surface area (Å²) in [6.45, 7) is 0. The molecule has 2 amide bonds. The van der Waals surface area contributed by atoms with Crippen LogP contribution in [0.1, 0.15) is 15.9 Å². The Hall–Kier alpha value is -3.45. The van der Waals surface area contributed by atoms with E-state index in [-0.39, 0.29) is 11.4 Å². The molecule has 0 saturated heterocycles. The van der Waals surface area contributed by atoms with Crippen molar-refractivity contribution in [1.82, 2.24) is 5.32 Å². The fraction of sp³-hybridized carbons (Fsp3) is 0.0833. The maximum Gasteiger partial charge on any atom is 0.272 e.